The fraction of sp³-hybridized carbons (Fsp3) is 0.235. The van der Waals surface area contributed by atoms with E-state index in [4.69, 9.17) is 5.11 Å². The zero-order chi connectivity index (χ0) is 16.1. The van der Waals surface area contributed by atoms with Crippen molar-refractivity contribution in [2.75, 3.05) is 0 Å². The zero-order valence-electron chi connectivity index (χ0n) is 12.5. The first-order chi connectivity index (χ1) is 10.5. The molecule has 0 bridgehead atoms. The van der Waals surface area contributed by atoms with Crippen molar-refractivity contribution >= 4 is 11.9 Å². The van der Waals surface area contributed by atoms with Crippen LogP contribution < -0.4 is 5.32 Å². The number of aromatic carboxylic acids is 1. The van der Waals surface area contributed by atoms with Gasteiger partial charge in [0.25, 0.3) is 0 Å². The van der Waals surface area contributed by atoms with Gasteiger partial charge in [-0.25, -0.2) is 4.79 Å². The Labute approximate surface area is 129 Å². The van der Waals surface area contributed by atoms with Gasteiger partial charge in [-0.15, -0.1) is 0 Å². The van der Waals surface area contributed by atoms with Crippen LogP contribution in [0.3, 0.4) is 0 Å². The molecule has 1 amide bonds. The molecular weight excluding hydrogens is 280 g/mol. The molecule has 114 valence electrons. The molecule has 2 rings (SSSR count). The normalized spacial score (nSPS) is 11.7. The predicted octanol–water partition coefficient (Wildman–Crippen LogP) is 2.57. The average Bonchev–Trinajstić information content (AvgIpc) is 2.47. The van der Waals surface area contributed by atoms with Crippen LogP contribution >= 0.6 is 0 Å². The summed E-state index contributed by atoms with van der Waals surface area (Å²) in [5, 5.41) is 11.8. The third-order valence-corrected chi connectivity index (χ3v) is 3.35. The summed E-state index contributed by atoms with van der Waals surface area (Å²) < 4.78 is 0. The third-order valence-electron chi connectivity index (χ3n) is 3.35. The number of hydrogen-bond donors (Lipinski definition) is 2. The minimum atomic E-state index is -0.978. The fourth-order valence-electron chi connectivity index (χ4n) is 2.25. The van der Waals surface area contributed by atoms with Crippen LogP contribution in [-0.4, -0.2) is 22.0 Å². The van der Waals surface area contributed by atoms with E-state index in [-0.39, 0.29) is 17.5 Å². The maximum Gasteiger partial charge on any atom is 0.337 e. The van der Waals surface area contributed by atoms with Crippen LogP contribution in [0, 0.1) is 0 Å². The minimum absolute atomic E-state index is 0.0384. The molecular formula is C17H18N2O3. The van der Waals surface area contributed by atoms with Gasteiger partial charge in [-0.05, 0) is 36.1 Å². The van der Waals surface area contributed by atoms with Crippen molar-refractivity contribution in [3.63, 3.8) is 0 Å². The van der Waals surface area contributed by atoms with E-state index in [1.165, 1.54) is 13.1 Å². The molecule has 0 unspecified atom stereocenters. The number of aromatic nitrogens is 1. The summed E-state index contributed by atoms with van der Waals surface area (Å²) in [7, 11) is 0. The van der Waals surface area contributed by atoms with E-state index in [0.29, 0.717) is 6.42 Å². The maximum atomic E-state index is 11.1. The van der Waals surface area contributed by atoms with E-state index >= 15 is 0 Å². The van der Waals surface area contributed by atoms with Gasteiger partial charge in [0.1, 0.15) is 0 Å². The highest BCUT2D eigenvalue weighted by Crippen LogP contribution is 2.16. The first-order valence-electron chi connectivity index (χ1n) is 6.99. The lowest BCUT2D eigenvalue weighted by Crippen LogP contribution is -2.23. The molecule has 5 nitrogen and oxygen atoms in total. The first-order valence-corrected chi connectivity index (χ1v) is 6.99. The van der Waals surface area contributed by atoms with Crippen LogP contribution in [0.25, 0.3) is 0 Å². The van der Waals surface area contributed by atoms with E-state index < -0.39 is 5.97 Å². The van der Waals surface area contributed by atoms with Crippen LogP contribution in [0.4, 0.5) is 0 Å². The molecule has 22 heavy (non-hydrogen) atoms. The third kappa shape index (κ3) is 4.15. The van der Waals surface area contributed by atoms with Gasteiger partial charge in [0.05, 0.1) is 11.6 Å². The minimum Gasteiger partial charge on any atom is -0.478 e. The Morgan fingerprint density at radius 2 is 1.86 bits per heavy atom. The molecule has 2 N–H and O–H groups in total. The van der Waals surface area contributed by atoms with Gasteiger partial charge in [0.2, 0.25) is 5.91 Å². The number of nitrogens with zero attached hydrogens (tertiary/aromatic N) is 1. The van der Waals surface area contributed by atoms with Crippen LogP contribution in [0.5, 0.6) is 0 Å². The number of nitrogens with one attached hydrogen (secondary N) is 1. The van der Waals surface area contributed by atoms with Gasteiger partial charge in [0, 0.05) is 19.3 Å². The average molecular weight is 298 g/mol. The molecule has 5 heteroatoms. The summed E-state index contributed by atoms with van der Waals surface area (Å²) in [6.07, 6.45) is 3.62. The number of pyridine rings is 1. The fourth-order valence-corrected chi connectivity index (χ4v) is 2.25. The molecule has 0 fully saturated rings. The van der Waals surface area contributed by atoms with Crippen molar-refractivity contribution in [3.8, 4) is 0 Å². The van der Waals surface area contributed by atoms with Crippen LogP contribution in [0.1, 0.15) is 46.9 Å². The molecule has 1 heterocycles. The lowest BCUT2D eigenvalue weighted by atomic mass is 10.0. The molecule has 0 radical (unpaired) electrons. The van der Waals surface area contributed by atoms with Crippen molar-refractivity contribution < 1.29 is 14.7 Å². The molecule has 0 aliphatic carbocycles. The second-order valence-corrected chi connectivity index (χ2v) is 5.23. The molecule has 0 aliphatic rings. The predicted molar refractivity (Wildman–Crippen MR) is 82.7 cm³/mol. The highest BCUT2D eigenvalue weighted by Gasteiger charge is 2.07. The number of carbonyl (C=O) groups is 2. The molecule has 1 atom stereocenters. The summed E-state index contributed by atoms with van der Waals surface area (Å²) in [5.74, 6) is -1.04. The summed E-state index contributed by atoms with van der Waals surface area (Å²) in [5.41, 5.74) is 3.12. The Bertz CT molecular complexity index is 681. The quantitative estimate of drug-likeness (QED) is 0.889. The summed E-state index contributed by atoms with van der Waals surface area (Å²) in [4.78, 5) is 25.9. The Hall–Kier alpha value is -2.69. The van der Waals surface area contributed by atoms with Gasteiger partial charge in [0.15, 0.2) is 0 Å². The van der Waals surface area contributed by atoms with Gasteiger partial charge < -0.3 is 10.4 Å². The van der Waals surface area contributed by atoms with Crippen LogP contribution in [0.2, 0.25) is 0 Å². The summed E-state index contributed by atoms with van der Waals surface area (Å²) in [6.45, 7) is 3.42. The standard InChI is InChI=1S/C17H18N2O3/c1-11(19-12(2)20)15-5-3-13(4-6-15)7-14-8-16(17(21)22)10-18-9-14/h3-6,8-11H,7H2,1-2H3,(H,19,20)(H,21,22)/t11-/m0/s1. The molecule has 2 aromatic rings. The Balaban J connectivity index is 2.09. The number of benzene rings is 1. The Kier molecular flexibility index (Phi) is 4.88. The number of carboxylic acids is 1. The maximum absolute atomic E-state index is 11.1. The molecule has 0 saturated carbocycles. The van der Waals surface area contributed by atoms with E-state index in [1.54, 1.807) is 12.3 Å². The lowest BCUT2D eigenvalue weighted by Gasteiger charge is -2.13. The second kappa shape index (κ2) is 6.85. The number of hydrogen-bond acceptors (Lipinski definition) is 3. The van der Waals surface area contributed by atoms with Gasteiger partial charge in [-0.2, -0.15) is 0 Å². The van der Waals surface area contributed by atoms with Crippen molar-refractivity contribution in [3.05, 3.63) is 65.0 Å². The van der Waals surface area contributed by atoms with E-state index in [9.17, 15) is 9.59 Å². The largest absolute Gasteiger partial charge is 0.478 e. The second-order valence-electron chi connectivity index (χ2n) is 5.23. The first kappa shape index (κ1) is 15.7. The van der Waals surface area contributed by atoms with Crippen molar-refractivity contribution in [2.24, 2.45) is 0 Å². The van der Waals surface area contributed by atoms with E-state index in [0.717, 1.165) is 16.7 Å². The molecule has 0 spiro atoms. The SMILES string of the molecule is CC(=O)N[C@@H](C)c1ccc(Cc2cncc(C(=O)O)c2)cc1. The van der Waals surface area contributed by atoms with Crippen LogP contribution in [-0.2, 0) is 11.2 Å². The van der Waals surface area contributed by atoms with E-state index in [2.05, 4.69) is 10.3 Å². The van der Waals surface area contributed by atoms with E-state index in [1.807, 2.05) is 31.2 Å². The number of carboxylic acid groups (broad SMARTS) is 1. The van der Waals surface area contributed by atoms with Crippen molar-refractivity contribution in [1.82, 2.24) is 10.3 Å². The Morgan fingerprint density at radius 1 is 1.18 bits per heavy atom. The molecule has 0 aliphatic heterocycles. The topological polar surface area (TPSA) is 79.3 Å². The number of rotatable bonds is 5. The summed E-state index contributed by atoms with van der Waals surface area (Å²) in [6, 6.07) is 9.46. The van der Waals surface area contributed by atoms with Crippen LogP contribution in [0.15, 0.2) is 42.7 Å². The molecule has 1 aromatic heterocycles. The molecule has 1 aromatic carbocycles. The van der Waals surface area contributed by atoms with Crippen molar-refractivity contribution in [2.45, 2.75) is 26.3 Å². The van der Waals surface area contributed by atoms with Gasteiger partial charge >= 0.3 is 5.97 Å². The number of amides is 1. The molecule has 0 saturated heterocycles. The highest BCUT2D eigenvalue weighted by molar-refractivity contribution is 5.87. The van der Waals surface area contributed by atoms with Gasteiger partial charge in [-0.1, -0.05) is 24.3 Å². The smallest absolute Gasteiger partial charge is 0.337 e. The highest BCUT2D eigenvalue weighted by atomic mass is 16.4. The summed E-state index contributed by atoms with van der Waals surface area (Å²) >= 11 is 0. The monoisotopic (exact) mass is 298 g/mol. The van der Waals surface area contributed by atoms with Gasteiger partial charge in [-0.3, -0.25) is 9.78 Å². The lowest BCUT2D eigenvalue weighted by molar-refractivity contribution is -0.119. The zero-order valence-corrected chi connectivity index (χ0v) is 12.5. The van der Waals surface area contributed by atoms with Crippen molar-refractivity contribution in [1.29, 1.82) is 0 Å². The number of carbonyl (C=O) groups excluding carboxylic acids is 1. The Morgan fingerprint density at radius 3 is 2.45 bits per heavy atom.